The standard InChI is InChI=1S/C23H21N3O5/c1-25-7-6-22-18-11-2-5-16(27)20(18)31-21(22)19-14(10-23(22,28)17(25)8-11)13-9-12(26(29)30)3-4-15(13)24-19/h2-5,9,17,21,24,27-28H,6-8,10H2,1H3/t17-,21+,22+,23-/m1/s1. The van der Waals surface area contributed by atoms with Crippen molar-refractivity contribution in [2.75, 3.05) is 13.6 Å². The number of aliphatic hydroxyl groups is 1. The highest BCUT2D eigenvalue weighted by molar-refractivity contribution is 5.88. The molecule has 2 aliphatic heterocycles. The van der Waals surface area contributed by atoms with Gasteiger partial charge >= 0.3 is 0 Å². The van der Waals surface area contributed by atoms with Crippen LogP contribution in [0.15, 0.2) is 30.3 Å². The number of rotatable bonds is 1. The number of ether oxygens (including phenoxy) is 1. The van der Waals surface area contributed by atoms with Crippen molar-refractivity contribution < 1.29 is 19.9 Å². The zero-order chi connectivity index (χ0) is 21.3. The number of hydrogen-bond acceptors (Lipinski definition) is 6. The average molecular weight is 419 g/mol. The van der Waals surface area contributed by atoms with Crippen LogP contribution < -0.4 is 4.74 Å². The molecular weight excluding hydrogens is 398 g/mol. The predicted octanol–water partition coefficient (Wildman–Crippen LogP) is 2.70. The fourth-order valence-electron chi connectivity index (χ4n) is 6.99. The van der Waals surface area contributed by atoms with Gasteiger partial charge in [-0.05, 0) is 49.7 Å². The highest BCUT2D eigenvalue weighted by Crippen LogP contribution is 2.68. The number of likely N-dealkylation sites (N-methyl/N-ethyl adjacent to an activating group) is 1. The number of aromatic hydroxyl groups is 1. The molecule has 31 heavy (non-hydrogen) atoms. The zero-order valence-electron chi connectivity index (χ0n) is 16.9. The predicted molar refractivity (Wildman–Crippen MR) is 111 cm³/mol. The Balaban J connectivity index is 1.57. The summed E-state index contributed by atoms with van der Waals surface area (Å²) < 4.78 is 6.45. The fraction of sp³-hybridized carbons (Fsp3) is 0.391. The van der Waals surface area contributed by atoms with E-state index in [1.54, 1.807) is 18.2 Å². The molecule has 3 aromatic rings. The Kier molecular flexibility index (Phi) is 2.95. The van der Waals surface area contributed by atoms with Crippen LogP contribution in [0.3, 0.4) is 0 Å². The summed E-state index contributed by atoms with van der Waals surface area (Å²) in [5.41, 5.74) is 2.84. The van der Waals surface area contributed by atoms with Crippen molar-refractivity contribution in [2.24, 2.45) is 0 Å². The van der Waals surface area contributed by atoms with E-state index in [0.717, 1.165) is 39.8 Å². The molecule has 0 amide bonds. The van der Waals surface area contributed by atoms with Crippen LogP contribution in [0.1, 0.15) is 34.9 Å². The maximum absolute atomic E-state index is 12.4. The highest BCUT2D eigenvalue weighted by Gasteiger charge is 2.72. The molecule has 2 aromatic carbocycles. The number of aromatic amines is 1. The highest BCUT2D eigenvalue weighted by atomic mass is 16.6. The number of nitro benzene ring substituents is 1. The first kappa shape index (κ1) is 17.6. The Bertz CT molecular complexity index is 1330. The normalized spacial score (nSPS) is 32.5. The minimum absolute atomic E-state index is 0.0260. The average Bonchev–Trinajstić information content (AvgIpc) is 3.27. The second-order valence-corrected chi connectivity index (χ2v) is 9.47. The van der Waals surface area contributed by atoms with Crippen molar-refractivity contribution in [3.8, 4) is 11.5 Å². The summed E-state index contributed by atoms with van der Waals surface area (Å²) in [6.07, 6.45) is 1.28. The summed E-state index contributed by atoms with van der Waals surface area (Å²) >= 11 is 0. The fourth-order valence-corrected chi connectivity index (χ4v) is 6.99. The molecule has 158 valence electrons. The number of aromatic nitrogens is 1. The zero-order valence-corrected chi connectivity index (χ0v) is 16.9. The molecule has 0 unspecified atom stereocenters. The molecule has 3 heterocycles. The van der Waals surface area contributed by atoms with Crippen LogP contribution in [-0.2, 0) is 18.3 Å². The number of nitrogens with one attached hydrogen (secondary N) is 1. The van der Waals surface area contributed by atoms with Gasteiger partial charge in [0.1, 0.15) is 0 Å². The summed E-state index contributed by atoms with van der Waals surface area (Å²) in [7, 11) is 2.04. The maximum atomic E-state index is 12.4. The lowest BCUT2D eigenvalue weighted by molar-refractivity contribution is -0.384. The van der Waals surface area contributed by atoms with E-state index in [-0.39, 0.29) is 17.5 Å². The van der Waals surface area contributed by atoms with Gasteiger partial charge in [-0.15, -0.1) is 0 Å². The van der Waals surface area contributed by atoms with Gasteiger partial charge in [-0.2, -0.15) is 0 Å². The van der Waals surface area contributed by atoms with Crippen molar-refractivity contribution in [3.05, 3.63) is 62.8 Å². The van der Waals surface area contributed by atoms with Gasteiger partial charge in [-0.1, -0.05) is 6.07 Å². The summed E-state index contributed by atoms with van der Waals surface area (Å²) in [6.45, 7) is 0.822. The molecule has 2 bridgehead atoms. The molecule has 1 saturated heterocycles. The van der Waals surface area contributed by atoms with E-state index >= 15 is 0 Å². The second kappa shape index (κ2) is 5.20. The molecule has 1 aromatic heterocycles. The van der Waals surface area contributed by atoms with Crippen LogP contribution in [0.4, 0.5) is 5.69 Å². The Morgan fingerprint density at radius 1 is 1.32 bits per heavy atom. The van der Waals surface area contributed by atoms with E-state index in [0.29, 0.717) is 25.0 Å². The minimum Gasteiger partial charge on any atom is -0.504 e. The van der Waals surface area contributed by atoms with Crippen LogP contribution in [0, 0.1) is 10.1 Å². The lowest BCUT2D eigenvalue weighted by Gasteiger charge is -2.62. The summed E-state index contributed by atoms with van der Waals surface area (Å²) in [4.78, 5) is 16.7. The van der Waals surface area contributed by atoms with Crippen molar-refractivity contribution >= 4 is 16.6 Å². The van der Waals surface area contributed by atoms with Crippen molar-refractivity contribution in [3.63, 3.8) is 0 Å². The largest absolute Gasteiger partial charge is 0.504 e. The molecule has 7 rings (SSSR count). The van der Waals surface area contributed by atoms with Crippen molar-refractivity contribution in [1.29, 1.82) is 0 Å². The third-order valence-corrected chi connectivity index (χ3v) is 8.32. The topological polar surface area (TPSA) is 112 Å². The van der Waals surface area contributed by atoms with Gasteiger partial charge in [0.05, 0.1) is 21.6 Å². The van der Waals surface area contributed by atoms with Crippen LogP contribution >= 0.6 is 0 Å². The van der Waals surface area contributed by atoms with E-state index in [9.17, 15) is 20.3 Å². The molecule has 1 spiro atoms. The van der Waals surface area contributed by atoms with E-state index in [1.807, 2.05) is 13.1 Å². The van der Waals surface area contributed by atoms with Crippen LogP contribution in [0.2, 0.25) is 0 Å². The summed E-state index contributed by atoms with van der Waals surface area (Å²) in [6, 6.07) is 8.33. The Morgan fingerprint density at radius 2 is 2.16 bits per heavy atom. The number of likely N-dealkylation sites (tertiary alicyclic amines) is 1. The summed E-state index contributed by atoms with van der Waals surface area (Å²) in [5.74, 6) is 0.567. The van der Waals surface area contributed by atoms with Gasteiger partial charge in [-0.3, -0.25) is 10.1 Å². The van der Waals surface area contributed by atoms with Gasteiger partial charge in [0.15, 0.2) is 17.6 Å². The smallest absolute Gasteiger partial charge is 0.270 e. The van der Waals surface area contributed by atoms with Crippen LogP contribution in [-0.4, -0.2) is 50.3 Å². The van der Waals surface area contributed by atoms with E-state index in [4.69, 9.17) is 4.74 Å². The van der Waals surface area contributed by atoms with Crippen molar-refractivity contribution in [1.82, 2.24) is 9.88 Å². The molecule has 8 heteroatoms. The van der Waals surface area contributed by atoms with Crippen LogP contribution in [0.5, 0.6) is 11.5 Å². The number of non-ortho nitro benzene ring substituents is 1. The Morgan fingerprint density at radius 3 is 2.97 bits per heavy atom. The molecule has 2 aliphatic carbocycles. The molecular formula is C23H21N3O5. The molecule has 8 nitrogen and oxygen atoms in total. The maximum Gasteiger partial charge on any atom is 0.270 e. The summed E-state index contributed by atoms with van der Waals surface area (Å²) in [5, 5.41) is 35.2. The quantitative estimate of drug-likeness (QED) is 0.413. The second-order valence-electron chi connectivity index (χ2n) is 9.47. The van der Waals surface area contributed by atoms with Gasteiger partial charge in [0.25, 0.3) is 5.69 Å². The van der Waals surface area contributed by atoms with E-state index in [2.05, 4.69) is 9.88 Å². The Hall–Kier alpha value is -3.10. The first-order chi connectivity index (χ1) is 14.8. The number of hydrogen-bond donors (Lipinski definition) is 3. The minimum atomic E-state index is -1.11. The number of phenols is 1. The molecule has 4 atom stereocenters. The van der Waals surface area contributed by atoms with Crippen LogP contribution in [0.25, 0.3) is 10.9 Å². The van der Waals surface area contributed by atoms with Gasteiger partial charge < -0.3 is 24.8 Å². The number of H-pyrrole nitrogens is 1. The Labute approximate surface area is 177 Å². The third-order valence-electron chi connectivity index (χ3n) is 8.32. The molecule has 3 N–H and O–H groups in total. The first-order valence-electron chi connectivity index (χ1n) is 10.6. The van der Waals surface area contributed by atoms with Crippen molar-refractivity contribution in [2.45, 2.75) is 42.4 Å². The SMILES string of the molecule is CN1CC[C@]23c4c5ccc(O)c4O[C@H]2c2[nH]c4ccc([N+](=O)[O-])cc4c2C[C@@]3(O)[C@H]1C5. The number of phenolic OH excluding ortho intramolecular Hbond substituents is 1. The van der Waals surface area contributed by atoms with E-state index in [1.165, 1.54) is 6.07 Å². The van der Waals surface area contributed by atoms with E-state index < -0.39 is 22.0 Å². The van der Waals surface area contributed by atoms with Gasteiger partial charge in [0, 0.05) is 41.1 Å². The number of nitrogens with zero attached hydrogens (tertiary/aromatic N) is 2. The van der Waals surface area contributed by atoms with Gasteiger partial charge in [0.2, 0.25) is 0 Å². The number of nitro groups is 1. The number of piperidine rings is 1. The lowest BCUT2D eigenvalue weighted by atomic mass is 9.49. The number of fused-ring (bicyclic) bond motifs is 4. The first-order valence-corrected chi connectivity index (χ1v) is 10.6. The molecule has 0 saturated carbocycles. The third kappa shape index (κ3) is 1.78. The molecule has 1 fully saturated rings. The molecule has 4 aliphatic rings. The number of benzene rings is 2. The monoisotopic (exact) mass is 419 g/mol. The molecule has 0 radical (unpaired) electrons. The lowest BCUT2D eigenvalue weighted by Crippen LogP contribution is -2.73. The van der Waals surface area contributed by atoms with Gasteiger partial charge in [-0.25, -0.2) is 0 Å².